The normalized spacial score (nSPS) is 16.9. The van der Waals surface area contributed by atoms with E-state index < -0.39 is 29.4 Å². The Kier molecular flexibility index (Phi) is 5.55. The molecule has 1 aromatic heterocycles. The van der Waals surface area contributed by atoms with Crippen LogP contribution in [0.4, 0.5) is 14.6 Å². The van der Waals surface area contributed by atoms with Crippen LogP contribution in [0, 0.1) is 5.92 Å². The summed E-state index contributed by atoms with van der Waals surface area (Å²) in [6, 6.07) is 1.35. The molecule has 1 saturated carbocycles. The van der Waals surface area contributed by atoms with Gasteiger partial charge in [-0.3, -0.25) is 19.2 Å². The standard InChI is InChI=1S/C16H17F2N3O4/c17-16(18)4-1-9(2-5-16)15(25)21-14-12(13(19)24)10(3-6-20-14)7-11(23)8-22/h3,6,8-9H,1-2,4-5,7H2,(H2,19,24)(H,20,21,25). The van der Waals surface area contributed by atoms with Crippen LogP contribution in [0.1, 0.15) is 41.6 Å². The Hall–Kier alpha value is -2.71. The molecule has 0 atom stereocenters. The van der Waals surface area contributed by atoms with E-state index in [4.69, 9.17) is 5.73 Å². The zero-order valence-corrected chi connectivity index (χ0v) is 13.3. The van der Waals surface area contributed by atoms with Gasteiger partial charge in [-0.2, -0.15) is 0 Å². The second-order valence-corrected chi connectivity index (χ2v) is 5.94. The molecule has 3 N–H and O–H groups in total. The smallest absolute Gasteiger partial charge is 0.252 e. The number of carbonyl (C=O) groups is 4. The van der Waals surface area contributed by atoms with E-state index in [0.29, 0.717) is 0 Å². The maximum absolute atomic E-state index is 13.2. The number of carbonyl (C=O) groups excluding carboxylic acids is 4. The number of alkyl halides is 2. The van der Waals surface area contributed by atoms with Crippen LogP contribution in [-0.2, 0) is 20.8 Å². The van der Waals surface area contributed by atoms with Crippen LogP contribution in [0.5, 0.6) is 0 Å². The number of hydrogen-bond donors (Lipinski definition) is 2. The number of nitrogens with one attached hydrogen (secondary N) is 1. The number of aldehydes is 1. The quantitative estimate of drug-likeness (QED) is 0.589. The summed E-state index contributed by atoms with van der Waals surface area (Å²) in [5.41, 5.74) is 5.28. The minimum absolute atomic E-state index is 0.0219. The fourth-order valence-corrected chi connectivity index (χ4v) is 2.77. The SMILES string of the molecule is NC(=O)c1c(CC(=O)C=O)ccnc1NC(=O)C1CCC(F)(F)CC1. The van der Waals surface area contributed by atoms with Gasteiger partial charge in [0.1, 0.15) is 5.82 Å². The third-order valence-corrected chi connectivity index (χ3v) is 4.11. The largest absolute Gasteiger partial charge is 0.365 e. The number of primary amides is 1. The summed E-state index contributed by atoms with van der Waals surface area (Å²) in [5.74, 6) is -5.76. The Morgan fingerprint density at radius 1 is 1.32 bits per heavy atom. The second-order valence-electron chi connectivity index (χ2n) is 5.94. The van der Waals surface area contributed by atoms with E-state index in [0.717, 1.165) is 0 Å². The highest BCUT2D eigenvalue weighted by Gasteiger charge is 2.37. The fraction of sp³-hybridized carbons (Fsp3) is 0.438. The van der Waals surface area contributed by atoms with E-state index in [1.54, 1.807) is 0 Å². The number of nitrogens with zero attached hydrogens (tertiary/aromatic N) is 1. The number of rotatable bonds is 6. The van der Waals surface area contributed by atoms with Crippen molar-refractivity contribution in [2.75, 3.05) is 5.32 Å². The van der Waals surface area contributed by atoms with Crippen LogP contribution in [-0.4, -0.2) is 34.8 Å². The van der Waals surface area contributed by atoms with Gasteiger partial charge in [-0.25, -0.2) is 13.8 Å². The first-order valence-electron chi connectivity index (χ1n) is 7.68. The summed E-state index contributed by atoms with van der Waals surface area (Å²) in [6.07, 6.45) is 0.297. The summed E-state index contributed by atoms with van der Waals surface area (Å²) < 4.78 is 26.4. The Labute approximate surface area is 142 Å². The molecule has 25 heavy (non-hydrogen) atoms. The lowest BCUT2D eigenvalue weighted by atomic mass is 9.86. The molecule has 1 aliphatic carbocycles. The molecule has 0 saturated heterocycles. The molecule has 0 unspecified atom stereocenters. The van der Waals surface area contributed by atoms with Gasteiger partial charge in [0.15, 0.2) is 12.1 Å². The van der Waals surface area contributed by atoms with E-state index >= 15 is 0 Å². The molecule has 1 aliphatic rings. The number of aromatic nitrogens is 1. The zero-order chi connectivity index (χ0) is 18.6. The van der Waals surface area contributed by atoms with Gasteiger partial charge in [0.05, 0.1) is 5.56 Å². The van der Waals surface area contributed by atoms with Crippen LogP contribution >= 0.6 is 0 Å². The van der Waals surface area contributed by atoms with Gasteiger partial charge in [-0.1, -0.05) is 0 Å². The highest BCUT2D eigenvalue weighted by atomic mass is 19.3. The van der Waals surface area contributed by atoms with E-state index in [-0.39, 0.29) is 55.3 Å². The zero-order valence-electron chi connectivity index (χ0n) is 13.3. The van der Waals surface area contributed by atoms with Gasteiger partial charge in [0.2, 0.25) is 11.8 Å². The summed E-state index contributed by atoms with van der Waals surface area (Å²) in [4.78, 5) is 49.6. The first-order valence-corrected chi connectivity index (χ1v) is 7.68. The summed E-state index contributed by atoms with van der Waals surface area (Å²) >= 11 is 0. The molecule has 9 heteroatoms. The molecule has 134 valence electrons. The van der Waals surface area contributed by atoms with E-state index in [1.807, 2.05) is 0 Å². The molecule has 7 nitrogen and oxygen atoms in total. The molecule has 0 aliphatic heterocycles. The van der Waals surface area contributed by atoms with Crippen molar-refractivity contribution in [2.24, 2.45) is 11.7 Å². The predicted molar refractivity (Wildman–Crippen MR) is 83.1 cm³/mol. The van der Waals surface area contributed by atoms with Crippen LogP contribution in [0.15, 0.2) is 12.3 Å². The monoisotopic (exact) mass is 353 g/mol. The summed E-state index contributed by atoms with van der Waals surface area (Å²) in [5, 5.41) is 2.43. The maximum Gasteiger partial charge on any atom is 0.252 e. The molecule has 2 amide bonds. The average molecular weight is 353 g/mol. The van der Waals surface area contributed by atoms with Crippen molar-refractivity contribution in [3.05, 3.63) is 23.4 Å². The van der Waals surface area contributed by atoms with E-state index in [9.17, 15) is 28.0 Å². The first kappa shape index (κ1) is 18.6. The lowest BCUT2D eigenvalue weighted by Gasteiger charge is -2.27. The van der Waals surface area contributed by atoms with Crippen LogP contribution in [0.2, 0.25) is 0 Å². The molecule has 1 aromatic rings. The van der Waals surface area contributed by atoms with Crippen molar-refractivity contribution < 1.29 is 28.0 Å². The topological polar surface area (TPSA) is 119 Å². The Morgan fingerprint density at radius 2 is 1.96 bits per heavy atom. The molecule has 0 bridgehead atoms. The Morgan fingerprint density at radius 3 is 2.52 bits per heavy atom. The number of ketones is 1. The van der Waals surface area contributed by atoms with Crippen molar-refractivity contribution in [3.8, 4) is 0 Å². The highest BCUT2D eigenvalue weighted by Crippen LogP contribution is 2.36. The molecule has 0 radical (unpaired) electrons. The first-order chi connectivity index (χ1) is 11.7. The third kappa shape index (κ3) is 4.65. The molecule has 1 heterocycles. The average Bonchev–Trinajstić information content (AvgIpc) is 2.54. The highest BCUT2D eigenvalue weighted by molar-refractivity contribution is 6.26. The minimum Gasteiger partial charge on any atom is -0.365 e. The summed E-state index contributed by atoms with van der Waals surface area (Å²) in [7, 11) is 0. The van der Waals surface area contributed by atoms with E-state index in [2.05, 4.69) is 10.3 Å². The number of pyridine rings is 1. The molecule has 0 spiro atoms. The van der Waals surface area contributed by atoms with Gasteiger partial charge in [0.25, 0.3) is 5.91 Å². The molecule has 1 fully saturated rings. The Bertz CT molecular complexity index is 711. The fourth-order valence-electron chi connectivity index (χ4n) is 2.77. The van der Waals surface area contributed by atoms with Crippen LogP contribution < -0.4 is 11.1 Å². The predicted octanol–water partition coefficient (Wildman–Crippen LogP) is 1.25. The van der Waals surface area contributed by atoms with Gasteiger partial charge >= 0.3 is 0 Å². The van der Waals surface area contributed by atoms with Gasteiger partial charge in [-0.05, 0) is 24.5 Å². The van der Waals surface area contributed by atoms with E-state index in [1.165, 1.54) is 12.3 Å². The maximum atomic E-state index is 13.2. The van der Waals surface area contributed by atoms with Crippen LogP contribution in [0.3, 0.4) is 0 Å². The van der Waals surface area contributed by atoms with Gasteiger partial charge < -0.3 is 11.1 Å². The number of hydrogen-bond acceptors (Lipinski definition) is 5. The lowest BCUT2D eigenvalue weighted by molar-refractivity contribution is -0.129. The molecular weight excluding hydrogens is 336 g/mol. The molecular formula is C16H17F2N3O4. The lowest BCUT2D eigenvalue weighted by Crippen LogP contribution is -2.32. The van der Waals surface area contributed by atoms with Crippen LogP contribution in [0.25, 0.3) is 0 Å². The van der Waals surface area contributed by atoms with Crippen molar-refractivity contribution in [2.45, 2.75) is 38.0 Å². The molecule has 0 aromatic carbocycles. The second kappa shape index (κ2) is 7.45. The minimum atomic E-state index is -2.76. The Balaban J connectivity index is 2.20. The van der Waals surface area contributed by atoms with Gasteiger partial charge in [0, 0.05) is 31.4 Å². The number of anilines is 1. The number of halogens is 2. The third-order valence-electron chi connectivity index (χ3n) is 4.11. The van der Waals surface area contributed by atoms with Crippen molar-refractivity contribution in [1.29, 1.82) is 0 Å². The van der Waals surface area contributed by atoms with Crippen molar-refractivity contribution in [3.63, 3.8) is 0 Å². The number of amides is 2. The molecule has 2 rings (SSSR count). The number of Topliss-reactive ketones (excluding diaryl/α,β-unsaturated/α-hetero) is 1. The van der Waals surface area contributed by atoms with Crippen molar-refractivity contribution >= 4 is 29.7 Å². The summed E-state index contributed by atoms with van der Waals surface area (Å²) in [6.45, 7) is 0. The number of nitrogens with two attached hydrogens (primary N) is 1. The van der Waals surface area contributed by atoms with Gasteiger partial charge in [-0.15, -0.1) is 0 Å². The van der Waals surface area contributed by atoms with Crippen molar-refractivity contribution in [1.82, 2.24) is 4.98 Å².